The third kappa shape index (κ3) is 3.00. The number of rotatable bonds is 4. The number of aromatic nitrogens is 3. The van der Waals surface area contributed by atoms with Gasteiger partial charge in [-0.1, -0.05) is 0 Å². The van der Waals surface area contributed by atoms with Crippen LogP contribution in [0.2, 0.25) is 0 Å². The van der Waals surface area contributed by atoms with Crippen LogP contribution in [0.4, 0.5) is 0 Å². The third-order valence-electron chi connectivity index (χ3n) is 3.94. The number of amides is 1. The Balaban J connectivity index is 1.65. The van der Waals surface area contributed by atoms with Gasteiger partial charge in [-0.15, -0.1) is 0 Å². The minimum atomic E-state index is -0.0552. The van der Waals surface area contributed by atoms with Crippen LogP contribution in [0.3, 0.4) is 0 Å². The molecule has 21 heavy (non-hydrogen) atoms. The molecular weight excluding hydrogens is 268 g/mol. The Labute approximate surface area is 123 Å². The molecule has 112 valence electrons. The molecule has 0 radical (unpaired) electrons. The molecule has 0 unspecified atom stereocenters. The number of nitrogens with zero attached hydrogens (tertiary/aromatic N) is 2. The summed E-state index contributed by atoms with van der Waals surface area (Å²) in [5.74, 6) is 1.12. The second-order valence-electron chi connectivity index (χ2n) is 5.40. The summed E-state index contributed by atoms with van der Waals surface area (Å²) in [6, 6.07) is 1.77. The maximum absolute atomic E-state index is 12.0. The normalized spacial score (nSPS) is 22.1. The highest BCUT2D eigenvalue weighted by atomic mass is 16.5. The predicted octanol–water partition coefficient (Wildman–Crippen LogP) is 1.65. The topological polar surface area (TPSA) is 71.9 Å². The van der Waals surface area contributed by atoms with Crippen molar-refractivity contribution in [2.45, 2.75) is 18.9 Å². The van der Waals surface area contributed by atoms with E-state index in [1.54, 1.807) is 24.7 Å². The first kappa shape index (κ1) is 13.9. The lowest BCUT2D eigenvalue weighted by molar-refractivity contribution is -0.0337. The zero-order valence-electron chi connectivity index (χ0n) is 12.1. The average Bonchev–Trinajstić information content (AvgIpc) is 3.16. The van der Waals surface area contributed by atoms with Gasteiger partial charge in [0.2, 0.25) is 0 Å². The van der Waals surface area contributed by atoms with Crippen molar-refractivity contribution in [1.82, 2.24) is 19.9 Å². The monoisotopic (exact) mass is 288 g/mol. The highest BCUT2D eigenvalue weighted by Gasteiger charge is 2.30. The quantitative estimate of drug-likeness (QED) is 0.898. The number of hydrogen-bond donors (Lipinski definition) is 2. The standard InChI is InChI=1S/C15H20N4O2/c1-19-7-6-17-14(19)13-11(3-2-8-21-13)10-18-15(20)12-4-5-16-9-12/h4-7,9,11,13,16H,2-3,8,10H2,1H3,(H,18,20)/t11-,13+/m0/s1. The molecule has 0 aliphatic carbocycles. The molecule has 1 amide bonds. The van der Waals surface area contributed by atoms with Gasteiger partial charge in [0.25, 0.3) is 5.91 Å². The van der Waals surface area contributed by atoms with Crippen molar-refractivity contribution in [3.8, 4) is 0 Å². The minimum Gasteiger partial charge on any atom is -0.370 e. The van der Waals surface area contributed by atoms with Crippen LogP contribution in [0.25, 0.3) is 0 Å². The molecule has 1 saturated heterocycles. The van der Waals surface area contributed by atoms with Gasteiger partial charge in [-0.25, -0.2) is 4.98 Å². The fraction of sp³-hybridized carbons (Fsp3) is 0.467. The summed E-state index contributed by atoms with van der Waals surface area (Å²) < 4.78 is 7.88. The Morgan fingerprint density at radius 1 is 1.62 bits per heavy atom. The van der Waals surface area contributed by atoms with Gasteiger partial charge >= 0.3 is 0 Å². The zero-order valence-corrected chi connectivity index (χ0v) is 12.1. The lowest BCUT2D eigenvalue weighted by Crippen LogP contribution is -2.35. The molecule has 2 N–H and O–H groups in total. The van der Waals surface area contributed by atoms with Gasteiger partial charge in [0.05, 0.1) is 5.56 Å². The molecule has 1 fully saturated rings. The Hall–Kier alpha value is -2.08. The molecule has 2 atom stereocenters. The molecule has 0 bridgehead atoms. The van der Waals surface area contributed by atoms with E-state index in [-0.39, 0.29) is 17.9 Å². The van der Waals surface area contributed by atoms with Crippen molar-refractivity contribution in [2.24, 2.45) is 13.0 Å². The fourth-order valence-corrected chi connectivity index (χ4v) is 2.78. The zero-order chi connectivity index (χ0) is 14.7. The van der Waals surface area contributed by atoms with Crippen molar-refractivity contribution in [3.05, 3.63) is 42.2 Å². The fourth-order valence-electron chi connectivity index (χ4n) is 2.78. The molecule has 1 aliphatic rings. The number of hydrogen-bond acceptors (Lipinski definition) is 3. The number of carbonyl (C=O) groups is 1. The van der Waals surface area contributed by atoms with E-state index in [1.165, 1.54) is 0 Å². The third-order valence-corrected chi connectivity index (χ3v) is 3.94. The van der Waals surface area contributed by atoms with E-state index in [4.69, 9.17) is 4.74 Å². The molecular formula is C15H20N4O2. The highest BCUT2D eigenvalue weighted by Crippen LogP contribution is 2.32. The van der Waals surface area contributed by atoms with Crippen LogP contribution in [0.15, 0.2) is 30.9 Å². The van der Waals surface area contributed by atoms with Crippen LogP contribution in [-0.2, 0) is 11.8 Å². The van der Waals surface area contributed by atoms with Crippen molar-refractivity contribution >= 4 is 5.91 Å². The second-order valence-corrected chi connectivity index (χ2v) is 5.40. The van der Waals surface area contributed by atoms with E-state index in [1.807, 2.05) is 17.8 Å². The molecule has 2 aromatic heterocycles. The predicted molar refractivity (Wildman–Crippen MR) is 77.8 cm³/mol. The van der Waals surface area contributed by atoms with Crippen LogP contribution >= 0.6 is 0 Å². The molecule has 0 aromatic carbocycles. The Morgan fingerprint density at radius 2 is 2.52 bits per heavy atom. The molecule has 3 rings (SSSR count). The molecule has 1 aliphatic heterocycles. The number of imidazole rings is 1. The Bertz CT molecular complexity index is 591. The van der Waals surface area contributed by atoms with Gasteiger partial charge in [0.1, 0.15) is 11.9 Å². The maximum atomic E-state index is 12.0. The highest BCUT2D eigenvalue weighted by molar-refractivity contribution is 5.93. The summed E-state index contributed by atoms with van der Waals surface area (Å²) in [4.78, 5) is 19.3. The van der Waals surface area contributed by atoms with Crippen molar-refractivity contribution in [1.29, 1.82) is 0 Å². The number of carbonyl (C=O) groups excluding carboxylic acids is 1. The minimum absolute atomic E-state index is 0.0507. The molecule has 0 spiro atoms. The second kappa shape index (κ2) is 6.13. The van der Waals surface area contributed by atoms with Crippen LogP contribution in [0.1, 0.15) is 35.1 Å². The number of H-pyrrole nitrogens is 1. The van der Waals surface area contributed by atoms with Gasteiger partial charge < -0.3 is 19.6 Å². The molecule has 0 saturated carbocycles. The first-order chi connectivity index (χ1) is 10.3. The summed E-state index contributed by atoms with van der Waals surface area (Å²) >= 11 is 0. The van der Waals surface area contributed by atoms with Gasteiger partial charge in [-0.05, 0) is 18.9 Å². The number of ether oxygens (including phenoxy) is 1. The van der Waals surface area contributed by atoms with Crippen molar-refractivity contribution < 1.29 is 9.53 Å². The number of nitrogens with one attached hydrogen (secondary N) is 2. The Morgan fingerprint density at radius 3 is 3.24 bits per heavy atom. The largest absolute Gasteiger partial charge is 0.370 e. The van der Waals surface area contributed by atoms with Gasteiger partial charge in [-0.3, -0.25) is 4.79 Å². The van der Waals surface area contributed by atoms with Crippen LogP contribution in [0.5, 0.6) is 0 Å². The molecule has 6 nitrogen and oxygen atoms in total. The first-order valence-electron chi connectivity index (χ1n) is 7.25. The van der Waals surface area contributed by atoms with Crippen molar-refractivity contribution in [3.63, 3.8) is 0 Å². The smallest absolute Gasteiger partial charge is 0.252 e. The SMILES string of the molecule is Cn1ccnc1[C@@H]1OCCC[C@H]1CNC(=O)c1cc[nH]c1. The van der Waals surface area contributed by atoms with Crippen LogP contribution in [0, 0.1) is 5.92 Å². The average molecular weight is 288 g/mol. The van der Waals surface area contributed by atoms with Gasteiger partial charge in [0, 0.05) is 50.9 Å². The van der Waals surface area contributed by atoms with Crippen LogP contribution < -0.4 is 5.32 Å². The van der Waals surface area contributed by atoms with E-state index < -0.39 is 0 Å². The Kier molecular flexibility index (Phi) is 4.06. The summed E-state index contributed by atoms with van der Waals surface area (Å²) in [6.45, 7) is 1.35. The lowest BCUT2D eigenvalue weighted by Gasteiger charge is -2.31. The number of aryl methyl sites for hydroxylation is 1. The summed E-state index contributed by atoms with van der Waals surface area (Å²) in [7, 11) is 1.97. The molecule has 2 aromatic rings. The van der Waals surface area contributed by atoms with E-state index in [2.05, 4.69) is 15.3 Å². The molecule has 3 heterocycles. The molecule has 6 heteroatoms. The lowest BCUT2D eigenvalue weighted by atomic mass is 9.93. The number of aromatic amines is 1. The van der Waals surface area contributed by atoms with Gasteiger partial charge in [-0.2, -0.15) is 0 Å². The summed E-state index contributed by atoms with van der Waals surface area (Å²) in [5.41, 5.74) is 0.653. The maximum Gasteiger partial charge on any atom is 0.252 e. The van der Waals surface area contributed by atoms with E-state index in [0.717, 1.165) is 25.3 Å². The van der Waals surface area contributed by atoms with Crippen molar-refractivity contribution in [2.75, 3.05) is 13.2 Å². The summed E-state index contributed by atoms with van der Waals surface area (Å²) in [6.07, 6.45) is 9.14. The van der Waals surface area contributed by atoms with Gasteiger partial charge in [0.15, 0.2) is 0 Å². The van der Waals surface area contributed by atoms with E-state index in [9.17, 15) is 4.79 Å². The van der Waals surface area contributed by atoms with E-state index >= 15 is 0 Å². The first-order valence-corrected chi connectivity index (χ1v) is 7.25. The van der Waals surface area contributed by atoms with Crippen LogP contribution in [-0.4, -0.2) is 33.6 Å². The summed E-state index contributed by atoms with van der Waals surface area (Å²) in [5, 5.41) is 2.99. The van der Waals surface area contributed by atoms with E-state index in [0.29, 0.717) is 12.1 Å².